The van der Waals surface area contributed by atoms with Crippen LogP contribution in [0.1, 0.15) is 23.0 Å². The number of aromatic amines is 1. The number of halogens is 1. The first-order valence-corrected chi connectivity index (χ1v) is 9.13. The third-order valence-electron chi connectivity index (χ3n) is 2.63. The van der Waals surface area contributed by atoms with Crippen molar-refractivity contribution in [2.45, 2.75) is 18.1 Å². The summed E-state index contributed by atoms with van der Waals surface area (Å²) in [5.74, 6) is -0.570. The number of carbonyl (C=O) groups excluding carboxylic acids is 1. The topological polar surface area (TPSA) is 88.3 Å². The van der Waals surface area contributed by atoms with Gasteiger partial charge >= 0.3 is 5.97 Å². The number of ether oxygens (including phenoxy) is 1. The molecule has 0 radical (unpaired) electrons. The second-order valence-corrected chi connectivity index (χ2v) is 7.73. The lowest BCUT2D eigenvalue weighted by molar-refractivity contribution is 0.0527. The summed E-state index contributed by atoms with van der Waals surface area (Å²) in [5.41, 5.74) is 0.899. The lowest BCUT2D eigenvalue weighted by Crippen LogP contribution is -2.15. The molecule has 2 N–H and O–H groups in total. The number of hydrogen-bond acceptors (Lipinski definition) is 5. The molecule has 0 bridgehead atoms. The fourth-order valence-electron chi connectivity index (χ4n) is 1.74. The van der Waals surface area contributed by atoms with E-state index in [9.17, 15) is 13.2 Å². The minimum Gasteiger partial charge on any atom is -0.462 e. The Morgan fingerprint density at radius 2 is 2.24 bits per heavy atom. The molecule has 0 fully saturated rings. The number of aryl methyl sites for hydroxylation is 1. The van der Waals surface area contributed by atoms with Crippen LogP contribution < -0.4 is 4.72 Å². The van der Waals surface area contributed by atoms with Crippen LogP contribution in [0.2, 0.25) is 0 Å². The number of hydrogen-bond donors (Lipinski definition) is 2. The molecule has 0 aliphatic rings. The van der Waals surface area contributed by atoms with E-state index in [0.717, 1.165) is 11.3 Å². The average Bonchev–Trinajstić information content (AvgIpc) is 2.96. The Hall–Kier alpha value is -1.32. The number of H-pyrrole nitrogens is 1. The summed E-state index contributed by atoms with van der Waals surface area (Å²) in [4.78, 5) is 14.7. The van der Waals surface area contributed by atoms with Crippen LogP contribution in [-0.4, -0.2) is 26.0 Å². The second kappa shape index (κ2) is 6.20. The molecule has 2 rings (SSSR count). The minimum absolute atomic E-state index is 0.149. The van der Waals surface area contributed by atoms with E-state index >= 15 is 0 Å². The van der Waals surface area contributed by atoms with E-state index < -0.39 is 16.0 Å². The maximum atomic E-state index is 12.3. The van der Waals surface area contributed by atoms with Gasteiger partial charge in [0.1, 0.15) is 5.56 Å². The van der Waals surface area contributed by atoms with Gasteiger partial charge in [0.25, 0.3) is 10.0 Å². The van der Waals surface area contributed by atoms with E-state index in [1.54, 1.807) is 25.3 Å². The van der Waals surface area contributed by atoms with Crippen molar-refractivity contribution >= 4 is 48.9 Å². The van der Waals surface area contributed by atoms with Gasteiger partial charge in [-0.2, -0.15) is 0 Å². The van der Waals surface area contributed by atoms with Gasteiger partial charge in [-0.3, -0.25) is 4.72 Å². The van der Waals surface area contributed by atoms with Gasteiger partial charge in [-0.05, 0) is 41.2 Å². The van der Waals surface area contributed by atoms with Gasteiger partial charge < -0.3 is 9.72 Å². The monoisotopic (exact) mass is 392 g/mol. The predicted molar refractivity (Wildman–Crippen MR) is 84.3 cm³/mol. The molecule has 0 aromatic carbocycles. The molecule has 2 aromatic rings. The number of rotatable bonds is 5. The van der Waals surface area contributed by atoms with Crippen LogP contribution >= 0.6 is 27.3 Å². The van der Waals surface area contributed by atoms with Crippen LogP contribution in [0.15, 0.2) is 26.3 Å². The maximum absolute atomic E-state index is 12.3. The molecule has 9 heteroatoms. The molecule has 0 saturated heterocycles. The molecule has 6 nitrogen and oxygen atoms in total. The first-order chi connectivity index (χ1) is 9.86. The zero-order chi connectivity index (χ0) is 15.6. The first-order valence-electron chi connectivity index (χ1n) is 5.97. The molecule has 0 atom stereocenters. The van der Waals surface area contributed by atoms with E-state index in [0.29, 0.717) is 10.2 Å². The Kier molecular flexibility index (Phi) is 4.74. The SMILES string of the molecule is CCOC(=O)c1c(NS(=O)(=O)c2sccc2Br)c[nH]c1C. The van der Waals surface area contributed by atoms with Crippen LogP contribution in [0.3, 0.4) is 0 Å². The molecule has 2 heterocycles. The zero-order valence-corrected chi connectivity index (χ0v) is 14.5. The van der Waals surface area contributed by atoms with Gasteiger partial charge in [0, 0.05) is 16.4 Å². The fraction of sp³-hybridized carbons (Fsp3) is 0.250. The van der Waals surface area contributed by atoms with Gasteiger partial charge in [0.05, 0.1) is 12.3 Å². The Morgan fingerprint density at radius 1 is 1.52 bits per heavy atom. The maximum Gasteiger partial charge on any atom is 0.342 e. The van der Waals surface area contributed by atoms with Crippen LogP contribution in [-0.2, 0) is 14.8 Å². The van der Waals surface area contributed by atoms with Crippen molar-refractivity contribution in [1.29, 1.82) is 0 Å². The molecule has 0 amide bonds. The number of nitrogens with one attached hydrogen (secondary N) is 2. The lowest BCUT2D eigenvalue weighted by atomic mass is 10.2. The highest BCUT2D eigenvalue weighted by atomic mass is 79.9. The Morgan fingerprint density at radius 3 is 2.81 bits per heavy atom. The summed E-state index contributed by atoms with van der Waals surface area (Å²) < 4.78 is 32.6. The Labute approximate surface area is 134 Å². The summed E-state index contributed by atoms with van der Waals surface area (Å²) in [6, 6.07) is 1.65. The number of aromatic nitrogens is 1. The molecule has 21 heavy (non-hydrogen) atoms. The quantitative estimate of drug-likeness (QED) is 0.764. The molecule has 114 valence electrons. The average molecular weight is 393 g/mol. The number of sulfonamides is 1. The highest BCUT2D eigenvalue weighted by molar-refractivity contribution is 9.10. The fourth-order valence-corrected chi connectivity index (χ4v) is 5.14. The summed E-state index contributed by atoms with van der Waals surface area (Å²) in [5, 5.41) is 1.66. The molecular formula is C12H13BrN2O4S2. The number of anilines is 1. The van der Waals surface area contributed by atoms with Crippen molar-refractivity contribution in [1.82, 2.24) is 4.98 Å². The van der Waals surface area contributed by atoms with Crippen molar-refractivity contribution in [2.24, 2.45) is 0 Å². The first kappa shape index (κ1) is 16.1. The number of thiophene rings is 1. The third kappa shape index (κ3) is 3.30. The highest BCUT2D eigenvalue weighted by Gasteiger charge is 2.24. The minimum atomic E-state index is -3.76. The van der Waals surface area contributed by atoms with Gasteiger partial charge in [-0.15, -0.1) is 11.3 Å². The molecule has 0 unspecified atom stereocenters. The lowest BCUT2D eigenvalue weighted by Gasteiger charge is -2.08. The molecule has 2 aromatic heterocycles. The van der Waals surface area contributed by atoms with Gasteiger partial charge in [0.15, 0.2) is 4.21 Å². The predicted octanol–water partition coefficient (Wildman–Crippen LogP) is 3.12. The summed E-state index contributed by atoms with van der Waals surface area (Å²) in [6.45, 7) is 3.57. The van der Waals surface area contributed by atoms with Gasteiger partial charge in [0.2, 0.25) is 0 Å². The van der Waals surface area contributed by atoms with Crippen LogP contribution in [0, 0.1) is 6.92 Å². The normalized spacial score (nSPS) is 11.4. The van der Waals surface area contributed by atoms with Crippen molar-refractivity contribution in [3.8, 4) is 0 Å². The second-order valence-electron chi connectivity index (χ2n) is 4.08. The van der Waals surface area contributed by atoms with Gasteiger partial charge in [-0.25, -0.2) is 13.2 Å². The summed E-state index contributed by atoms with van der Waals surface area (Å²) in [7, 11) is -3.76. The Bertz CT molecular complexity index is 764. The molecule has 0 aliphatic carbocycles. The van der Waals surface area contributed by atoms with Crippen LogP contribution in [0.4, 0.5) is 5.69 Å². The third-order valence-corrected chi connectivity index (χ3v) is 6.67. The summed E-state index contributed by atoms with van der Waals surface area (Å²) >= 11 is 4.27. The van der Waals surface area contributed by atoms with Crippen LogP contribution in [0.5, 0.6) is 0 Å². The zero-order valence-electron chi connectivity index (χ0n) is 11.3. The van der Waals surface area contributed by atoms with E-state index in [1.807, 2.05) is 0 Å². The molecule has 0 spiro atoms. The number of carbonyl (C=O) groups is 1. The van der Waals surface area contributed by atoms with Crippen molar-refractivity contribution < 1.29 is 17.9 Å². The molecule has 0 saturated carbocycles. The van der Waals surface area contributed by atoms with Crippen molar-refractivity contribution in [3.63, 3.8) is 0 Å². The largest absolute Gasteiger partial charge is 0.462 e. The van der Waals surface area contributed by atoms with E-state index in [1.165, 1.54) is 6.20 Å². The van der Waals surface area contributed by atoms with Gasteiger partial charge in [-0.1, -0.05) is 0 Å². The molecule has 0 aliphatic heterocycles. The van der Waals surface area contributed by atoms with Crippen molar-refractivity contribution in [3.05, 3.63) is 33.4 Å². The van der Waals surface area contributed by atoms with Crippen molar-refractivity contribution in [2.75, 3.05) is 11.3 Å². The Balaban J connectivity index is 2.37. The van der Waals surface area contributed by atoms with E-state index in [4.69, 9.17) is 4.74 Å². The highest BCUT2D eigenvalue weighted by Crippen LogP contribution is 2.30. The molecular weight excluding hydrogens is 380 g/mol. The number of esters is 1. The standard InChI is InChI=1S/C12H13BrN2O4S2/c1-3-19-11(16)10-7(2)14-6-9(10)15-21(17,18)12-8(13)4-5-20-12/h4-6,14-15H,3H2,1-2H3. The van der Waals surface area contributed by atoms with E-state index in [2.05, 4.69) is 25.6 Å². The van der Waals surface area contributed by atoms with Crippen LogP contribution in [0.25, 0.3) is 0 Å². The summed E-state index contributed by atoms with van der Waals surface area (Å²) in [6.07, 6.45) is 1.43. The van der Waals surface area contributed by atoms with E-state index in [-0.39, 0.29) is 22.1 Å². The smallest absolute Gasteiger partial charge is 0.342 e.